The highest BCUT2D eigenvalue weighted by Crippen LogP contribution is 2.15. The summed E-state index contributed by atoms with van der Waals surface area (Å²) in [6.45, 7) is 8.15. The molecule has 1 unspecified atom stereocenters. The van der Waals surface area contributed by atoms with Crippen LogP contribution in [-0.2, 0) is 4.74 Å². The lowest BCUT2D eigenvalue weighted by Crippen LogP contribution is -2.38. The van der Waals surface area contributed by atoms with E-state index in [1.807, 2.05) is 20.8 Å². The van der Waals surface area contributed by atoms with Crippen molar-refractivity contribution in [3.8, 4) is 12.3 Å². The van der Waals surface area contributed by atoms with Crippen LogP contribution in [0.3, 0.4) is 0 Å². The van der Waals surface area contributed by atoms with E-state index < -0.39 is 5.60 Å². The maximum absolute atomic E-state index is 11.9. The lowest BCUT2D eigenvalue weighted by Gasteiger charge is -2.24. The number of hydrogen-bond acceptors (Lipinski definition) is 3. The molecule has 0 saturated carbocycles. The molecule has 1 atom stereocenters. The maximum atomic E-state index is 11.9. The maximum Gasteiger partial charge on any atom is 0.410 e. The Hall–Kier alpha value is -1.21. The highest BCUT2D eigenvalue weighted by molar-refractivity contribution is 5.68. The Labute approximate surface area is 116 Å². The first-order chi connectivity index (χ1) is 8.92. The molecule has 108 valence electrons. The van der Waals surface area contributed by atoms with Gasteiger partial charge in [0.1, 0.15) is 5.60 Å². The van der Waals surface area contributed by atoms with E-state index in [2.05, 4.69) is 11.2 Å². The van der Waals surface area contributed by atoms with Gasteiger partial charge in [-0.2, -0.15) is 0 Å². The molecule has 1 saturated heterocycles. The van der Waals surface area contributed by atoms with Gasteiger partial charge in [-0.3, -0.25) is 0 Å². The van der Waals surface area contributed by atoms with Crippen LogP contribution in [0.25, 0.3) is 0 Å². The first kappa shape index (κ1) is 15.8. The number of likely N-dealkylation sites (tertiary alicyclic amines) is 1. The number of carbonyl (C=O) groups excluding carboxylic acids is 1. The molecule has 1 aliphatic rings. The topological polar surface area (TPSA) is 41.6 Å². The Balaban J connectivity index is 2.19. The highest BCUT2D eigenvalue weighted by Gasteiger charge is 2.29. The molecule has 1 amide bonds. The normalized spacial score (nSPS) is 19.3. The number of rotatable bonds is 5. The van der Waals surface area contributed by atoms with Crippen LogP contribution in [0, 0.1) is 12.3 Å². The number of hydrogen-bond donors (Lipinski definition) is 1. The van der Waals surface area contributed by atoms with E-state index in [1.54, 1.807) is 4.90 Å². The Morgan fingerprint density at radius 2 is 2.21 bits per heavy atom. The molecular formula is C15H26N2O2. The molecule has 1 fully saturated rings. The number of unbranched alkanes of at least 4 members (excludes halogenated alkanes) is 2. The minimum absolute atomic E-state index is 0.205. The largest absolute Gasteiger partial charge is 0.444 e. The molecule has 0 spiro atoms. The van der Waals surface area contributed by atoms with Crippen LogP contribution in [0.2, 0.25) is 0 Å². The summed E-state index contributed by atoms with van der Waals surface area (Å²) in [6.07, 6.45) is 8.99. The summed E-state index contributed by atoms with van der Waals surface area (Å²) in [5.74, 6) is 2.64. The zero-order valence-corrected chi connectivity index (χ0v) is 12.4. The summed E-state index contributed by atoms with van der Waals surface area (Å²) in [4.78, 5) is 13.7. The zero-order valence-electron chi connectivity index (χ0n) is 12.4. The molecule has 1 rings (SSSR count). The second kappa shape index (κ2) is 7.40. The molecule has 1 aliphatic heterocycles. The number of amides is 1. The summed E-state index contributed by atoms with van der Waals surface area (Å²) in [6, 6.07) is 0.387. The fraction of sp³-hybridized carbons (Fsp3) is 0.800. The van der Waals surface area contributed by atoms with Gasteiger partial charge in [0.05, 0.1) is 0 Å². The molecule has 0 aromatic rings. The van der Waals surface area contributed by atoms with Gasteiger partial charge in [0, 0.05) is 25.6 Å². The second-order valence-electron chi connectivity index (χ2n) is 6.03. The van der Waals surface area contributed by atoms with Gasteiger partial charge in [0.15, 0.2) is 0 Å². The van der Waals surface area contributed by atoms with Gasteiger partial charge >= 0.3 is 6.09 Å². The summed E-state index contributed by atoms with van der Waals surface area (Å²) >= 11 is 0. The van der Waals surface area contributed by atoms with Crippen molar-refractivity contribution in [2.75, 3.05) is 19.6 Å². The van der Waals surface area contributed by atoms with Gasteiger partial charge in [0.2, 0.25) is 0 Å². The Bertz CT molecular complexity index is 328. The predicted octanol–water partition coefficient (Wildman–Crippen LogP) is 2.39. The van der Waals surface area contributed by atoms with Crippen LogP contribution in [0.5, 0.6) is 0 Å². The van der Waals surface area contributed by atoms with E-state index >= 15 is 0 Å². The van der Waals surface area contributed by atoms with Crippen LogP contribution in [0.1, 0.15) is 46.5 Å². The van der Waals surface area contributed by atoms with Crippen molar-refractivity contribution in [2.24, 2.45) is 0 Å². The van der Waals surface area contributed by atoms with E-state index in [1.165, 1.54) is 0 Å². The lowest BCUT2D eigenvalue weighted by molar-refractivity contribution is 0.0291. The number of nitrogens with zero attached hydrogens (tertiary/aromatic N) is 1. The molecule has 19 heavy (non-hydrogen) atoms. The van der Waals surface area contributed by atoms with Crippen LogP contribution >= 0.6 is 0 Å². The van der Waals surface area contributed by atoms with Gasteiger partial charge in [-0.15, -0.1) is 12.3 Å². The SMILES string of the molecule is C#CCCCCNC1CCN(C(=O)OC(C)(C)C)C1. The van der Waals surface area contributed by atoms with E-state index in [4.69, 9.17) is 11.2 Å². The summed E-state index contributed by atoms with van der Waals surface area (Å²) in [7, 11) is 0. The van der Waals surface area contributed by atoms with Gasteiger partial charge in [-0.1, -0.05) is 0 Å². The molecule has 0 aromatic heterocycles. The third kappa shape index (κ3) is 6.49. The van der Waals surface area contributed by atoms with Gasteiger partial charge in [0.25, 0.3) is 0 Å². The number of ether oxygens (including phenoxy) is 1. The number of carbonyl (C=O) groups is 1. The van der Waals surface area contributed by atoms with Crippen LogP contribution in [0.4, 0.5) is 4.79 Å². The zero-order chi connectivity index (χ0) is 14.3. The standard InChI is InChI=1S/C15H26N2O2/c1-5-6-7-8-10-16-13-9-11-17(12-13)14(18)19-15(2,3)4/h1,13,16H,6-12H2,2-4H3. The minimum atomic E-state index is -0.419. The van der Waals surface area contributed by atoms with Crippen molar-refractivity contribution in [3.63, 3.8) is 0 Å². The van der Waals surface area contributed by atoms with Crippen LogP contribution in [-0.4, -0.2) is 42.3 Å². The molecule has 4 heteroatoms. The van der Waals surface area contributed by atoms with Crippen molar-refractivity contribution in [2.45, 2.75) is 58.1 Å². The lowest BCUT2D eigenvalue weighted by atomic mass is 10.2. The van der Waals surface area contributed by atoms with Gasteiger partial charge in [-0.05, 0) is 46.6 Å². The quantitative estimate of drug-likeness (QED) is 0.613. The third-order valence-corrected chi connectivity index (χ3v) is 3.02. The monoisotopic (exact) mass is 266 g/mol. The molecule has 0 bridgehead atoms. The fourth-order valence-corrected chi connectivity index (χ4v) is 2.08. The molecule has 1 N–H and O–H groups in total. The Morgan fingerprint density at radius 3 is 2.84 bits per heavy atom. The number of nitrogens with one attached hydrogen (secondary N) is 1. The van der Waals surface area contributed by atoms with Crippen molar-refractivity contribution >= 4 is 6.09 Å². The van der Waals surface area contributed by atoms with Gasteiger partial charge in [-0.25, -0.2) is 4.79 Å². The van der Waals surface area contributed by atoms with Crippen molar-refractivity contribution in [1.29, 1.82) is 0 Å². The molecule has 0 aliphatic carbocycles. The molecule has 0 aromatic carbocycles. The Kier molecular flexibility index (Phi) is 6.17. The fourth-order valence-electron chi connectivity index (χ4n) is 2.08. The van der Waals surface area contributed by atoms with Crippen LogP contribution in [0.15, 0.2) is 0 Å². The van der Waals surface area contributed by atoms with E-state index in [9.17, 15) is 4.79 Å². The van der Waals surface area contributed by atoms with E-state index in [0.29, 0.717) is 6.04 Å². The van der Waals surface area contributed by atoms with Crippen molar-refractivity contribution in [3.05, 3.63) is 0 Å². The third-order valence-electron chi connectivity index (χ3n) is 3.02. The molecule has 0 radical (unpaired) electrons. The van der Waals surface area contributed by atoms with E-state index in [0.717, 1.165) is 45.3 Å². The van der Waals surface area contributed by atoms with Crippen molar-refractivity contribution in [1.82, 2.24) is 10.2 Å². The second-order valence-corrected chi connectivity index (χ2v) is 6.03. The Morgan fingerprint density at radius 1 is 1.47 bits per heavy atom. The smallest absolute Gasteiger partial charge is 0.410 e. The van der Waals surface area contributed by atoms with Gasteiger partial charge < -0.3 is 15.0 Å². The number of terminal acetylenes is 1. The average molecular weight is 266 g/mol. The predicted molar refractivity (Wildman–Crippen MR) is 76.9 cm³/mol. The summed E-state index contributed by atoms with van der Waals surface area (Å²) in [5.41, 5.74) is -0.419. The average Bonchev–Trinajstić information content (AvgIpc) is 2.75. The van der Waals surface area contributed by atoms with Crippen molar-refractivity contribution < 1.29 is 9.53 Å². The molecule has 1 heterocycles. The first-order valence-electron chi connectivity index (χ1n) is 7.07. The molecular weight excluding hydrogens is 240 g/mol. The summed E-state index contributed by atoms with van der Waals surface area (Å²) in [5, 5.41) is 3.47. The first-order valence-corrected chi connectivity index (χ1v) is 7.07. The van der Waals surface area contributed by atoms with E-state index in [-0.39, 0.29) is 6.09 Å². The summed E-state index contributed by atoms with van der Waals surface area (Å²) < 4.78 is 5.36. The van der Waals surface area contributed by atoms with Crippen LogP contribution < -0.4 is 5.32 Å². The highest BCUT2D eigenvalue weighted by atomic mass is 16.6. The minimum Gasteiger partial charge on any atom is -0.444 e. The molecule has 4 nitrogen and oxygen atoms in total.